The van der Waals surface area contributed by atoms with Crippen molar-refractivity contribution < 1.29 is 14.6 Å². The number of aliphatic hydroxyl groups excluding tert-OH is 1. The van der Waals surface area contributed by atoms with Crippen LogP contribution in [0.25, 0.3) is 0 Å². The van der Waals surface area contributed by atoms with Gasteiger partial charge in [-0.05, 0) is 18.6 Å². The molecule has 0 radical (unpaired) electrons. The number of halogens is 1. The van der Waals surface area contributed by atoms with Crippen LogP contribution in [0.4, 0.5) is 4.39 Å². The lowest BCUT2D eigenvalue weighted by molar-refractivity contribution is 0.177. The van der Waals surface area contributed by atoms with Crippen molar-refractivity contribution in [1.29, 1.82) is 0 Å². The summed E-state index contributed by atoms with van der Waals surface area (Å²) in [5, 5.41) is 18.6. The minimum Gasteiger partial charge on any atom is -0.507 e. The van der Waals surface area contributed by atoms with Gasteiger partial charge in [-0.25, -0.2) is 4.39 Å². The van der Waals surface area contributed by atoms with E-state index in [4.69, 9.17) is 5.73 Å². The number of phenols is 1. The molecule has 0 aromatic heterocycles. The van der Waals surface area contributed by atoms with Gasteiger partial charge in [-0.2, -0.15) is 0 Å². The molecular weight excluding hydrogens is 173 g/mol. The summed E-state index contributed by atoms with van der Waals surface area (Å²) in [5.41, 5.74) is 5.42. The quantitative estimate of drug-likeness (QED) is 0.639. The summed E-state index contributed by atoms with van der Waals surface area (Å²) < 4.78 is 13.3. The molecule has 0 bridgehead atoms. The van der Waals surface area contributed by atoms with E-state index in [0.717, 1.165) is 0 Å². The van der Waals surface area contributed by atoms with E-state index >= 15 is 0 Å². The first kappa shape index (κ1) is 9.95. The minimum absolute atomic E-state index is 0.117. The molecule has 0 aliphatic heterocycles. The van der Waals surface area contributed by atoms with Gasteiger partial charge in [-0.1, -0.05) is 6.07 Å². The highest BCUT2D eigenvalue weighted by molar-refractivity contribution is 5.39. The molecule has 0 heterocycles. The first-order chi connectivity index (χ1) is 6.07. The van der Waals surface area contributed by atoms with E-state index in [1.54, 1.807) is 6.92 Å². The number of hydrogen-bond donors (Lipinski definition) is 3. The number of hydrogen-bond acceptors (Lipinski definition) is 3. The average Bonchev–Trinajstić information content (AvgIpc) is 2.12. The number of benzene rings is 1. The van der Waals surface area contributed by atoms with Crippen LogP contribution in [0.15, 0.2) is 12.1 Å². The highest BCUT2D eigenvalue weighted by atomic mass is 19.1. The Hall–Kier alpha value is -1.13. The van der Waals surface area contributed by atoms with Crippen LogP contribution in [0.3, 0.4) is 0 Å². The molecule has 4 heteroatoms. The Kier molecular flexibility index (Phi) is 2.85. The fourth-order valence-electron chi connectivity index (χ4n) is 1.13. The van der Waals surface area contributed by atoms with Gasteiger partial charge >= 0.3 is 0 Å². The summed E-state index contributed by atoms with van der Waals surface area (Å²) >= 11 is 0. The number of rotatable bonds is 2. The van der Waals surface area contributed by atoms with E-state index < -0.39 is 11.9 Å². The molecule has 1 aromatic rings. The van der Waals surface area contributed by atoms with Crippen LogP contribution < -0.4 is 5.73 Å². The molecule has 72 valence electrons. The zero-order valence-corrected chi connectivity index (χ0v) is 7.29. The molecule has 0 spiro atoms. The Morgan fingerprint density at radius 2 is 2.15 bits per heavy atom. The van der Waals surface area contributed by atoms with Crippen molar-refractivity contribution >= 4 is 0 Å². The molecule has 1 atom stereocenters. The van der Waals surface area contributed by atoms with E-state index in [9.17, 15) is 14.6 Å². The third-order valence-electron chi connectivity index (χ3n) is 1.91. The number of aliphatic hydroxyl groups is 1. The predicted octanol–water partition coefficient (Wildman–Crippen LogP) is 0.832. The minimum atomic E-state index is -1.15. The molecule has 1 rings (SSSR count). The Morgan fingerprint density at radius 3 is 2.69 bits per heavy atom. The molecular formula is C9H12FNO2. The van der Waals surface area contributed by atoms with Crippen molar-refractivity contribution in [3.05, 3.63) is 29.1 Å². The van der Waals surface area contributed by atoms with Gasteiger partial charge in [0.05, 0.1) is 11.7 Å². The largest absolute Gasteiger partial charge is 0.507 e. The topological polar surface area (TPSA) is 66.5 Å². The van der Waals surface area contributed by atoms with Crippen LogP contribution in [0.2, 0.25) is 0 Å². The van der Waals surface area contributed by atoms with Crippen LogP contribution in [-0.4, -0.2) is 16.8 Å². The second kappa shape index (κ2) is 3.72. The Balaban J connectivity index is 3.25. The average molecular weight is 185 g/mol. The number of phenolic OH excluding ortho intramolecular Hbond substituents is 1. The molecule has 0 saturated carbocycles. The van der Waals surface area contributed by atoms with Crippen molar-refractivity contribution in [2.24, 2.45) is 5.73 Å². The first-order valence-corrected chi connectivity index (χ1v) is 3.94. The summed E-state index contributed by atoms with van der Waals surface area (Å²) in [6.45, 7) is 1.44. The normalized spacial score (nSPS) is 12.9. The van der Waals surface area contributed by atoms with Crippen molar-refractivity contribution in [3.63, 3.8) is 0 Å². The van der Waals surface area contributed by atoms with Crippen LogP contribution >= 0.6 is 0 Å². The zero-order valence-electron chi connectivity index (χ0n) is 7.29. The summed E-state index contributed by atoms with van der Waals surface area (Å²) in [4.78, 5) is 0. The zero-order chi connectivity index (χ0) is 10.0. The van der Waals surface area contributed by atoms with Crippen molar-refractivity contribution in [1.82, 2.24) is 0 Å². The predicted molar refractivity (Wildman–Crippen MR) is 46.8 cm³/mol. The fourth-order valence-corrected chi connectivity index (χ4v) is 1.13. The van der Waals surface area contributed by atoms with Gasteiger partial charge in [0.25, 0.3) is 0 Å². The molecule has 1 aromatic carbocycles. The molecule has 4 N–H and O–H groups in total. The van der Waals surface area contributed by atoms with Crippen molar-refractivity contribution in [3.8, 4) is 5.75 Å². The van der Waals surface area contributed by atoms with Gasteiger partial charge in [0, 0.05) is 6.54 Å². The van der Waals surface area contributed by atoms with Crippen LogP contribution in [0, 0.1) is 12.7 Å². The molecule has 13 heavy (non-hydrogen) atoms. The third kappa shape index (κ3) is 1.79. The highest BCUT2D eigenvalue weighted by Crippen LogP contribution is 2.28. The standard InChI is InChI=1S/C9H12FNO2/c1-5-2-3-6(12)8(9(5)10)7(13)4-11/h2-3,7,12-13H,4,11H2,1H3. The maximum absolute atomic E-state index is 13.3. The Bertz CT molecular complexity index is 315. The maximum Gasteiger partial charge on any atom is 0.135 e. The Labute approximate surface area is 75.6 Å². The van der Waals surface area contributed by atoms with Crippen LogP contribution in [0.5, 0.6) is 5.75 Å². The van der Waals surface area contributed by atoms with E-state index in [1.807, 2.05) is 0 Å². The molecule has 0 fully saturated rings. The second-order valence-electron chi connectivity index (χ2n) is 2.88. The van der Waals surface area contributed by atoms with Crippen molar-refractivity contribution in [2.75, 3.05) is 6.54 Å². The summed E-state index contributed by atoms with van der Waals surface area (Å²) in [5.74, 6) is -0.862. The lowest BCUT2D eigenvalue weighted by Gasteiger charge is -2.12. The lowest BCUT2D eigenvalue weighted by Crippen LogP contribution is -2.13. The molecule has 0 amide bonds. The van der Waals surface area contributed by atoms with Gasteiger partial charge in [-0.15, -0.1) is 0 Å². The highest BCUT2D eigenvalue weighted by Gasteiger charge is 2.17. The number of aromatic hydroxyl groups is 1. The van der Waals surface area contributed by atoms with E-state index in [0.29, 0.717) is 5.56 Å². The van der Waals surface area contributed by atoms with Crippen LogP contribution in [-0.2, 0) is 0 Å². The fraction of sp³-hybridized carbons (Fsp3) is 0.333. The number of nitrogens with two attached hydrogens (primary N) is 1. The summed E-state index contributed by atoms with van der Waals surface area (Å²) in [6, 6.07) is 2.78. The van der Waals surface area contributed by atoms with Gasteiger partial charge in [-0.3, -0.25) is 0 Å². The molecule has 0 saturated heterocycles. The monoisotopic (exact) mass is 185 g/mol. The molecule has 0 aliphatic carbocycles. The van der Waals surface area contributed by atoms with E-state index in [1.165, 1.54) is 12.1 Å². The van der Waals surface area contributed by atoms with Crippen LogP contribution in [0.1, 0.15) is 17.2 Å². The summed E-state index contributed by atoms with van der Waals surface area (Å²) in [6.07, 6.45) is -1.15. The molecule has 0 aliphatic rings. The SMILES string of the molecule is Cc1ccc(O)c(C(O)CN)c1F. The van der Waals surface area contributed by atoms with Crippen molar-refractivity contribution in [2.45, 2.75) is 13.0 Å². The van der Waals surface area contributed by atoms with Gasteiger partial charge in [0.1, 0.15) is 11.6 Å². The molecule has 3 nitrogen and oxygen atoms in total. The van der Waals surface area contributed by atoms with Gasteiger partial charge in [0.15, 0.2) is 0 Å². The molecule has 1 unspecified atom stereocenters. The van der Waals surface area contributed by atoms with Gasteiger partial charge < -0.3 is 15.9 Å². The smallest absolute Gasteiger partial charge is 0.135 e. The second-order valence-corrected chi connectivity index (χ2v) is 2.88. The first-order valence-electron chi connectivity index (χ1n) is 3.94. The Morgan fingerprint density at radius 1 is 1.54 bits per heavy atom. The van der Waals surface area contributed by atoms with E-state index in [-0.39, 0.29) is 17.9 Å². The van der Waals surface area contributed by atoms with E-state index in [2.05, 4.69) is 0 Å². The van der Waals surface area contributed by atoms with Gasteiger partial charge in [0.2, 0.25) is 0 Å². The third-order valence-corrected chi connectivity index (χ3v) is 1.91. The lowest BCUT2D eigenvalue weighted by atomic mass is 10.0. The maximum atomic E-state index is 13.3. The summed E-state index contributed by atoms with van der Waals surface area (Å²) in [7, 11) is 0. The number of aryl methyl sites for hydroxylation is 1.